The van der Waals surface area contributed by atoms with Gasteiger partial charge in [0.25, 0.3) is 5.91 Å². The maximum atomic E-state index is 12.8. The van der Waals surface area contributed by atoms with Crippen molar-refractivity contribution in [3.63, 3.8) is 0 Å². The number of hydrogen-bond acceptors (Lipinski definition) is 3. The molecular formula is C16H18FN3O. The van der Waals surface area contributed by atoms with Crippen molar-refractivity contribution < 1.29 is 9.18 Å². The number of nitrogens with zero attached hydrogens (tertiary/aromatic N) is 1. The highest BCUT2D eigenvalue weighted by Gasteiger charge is 2.10. The Morgan fingerprint density at radius 1 is 1.24 bits per heavy atom. The van der Waals surface area contributed by atoms with Crippen LogP contribution in [0, 0.1) is 5.82 Å². The van der Waals surface area contributed by atoms with Crippen LogP contribution in [-0.2, 0) is 6.42 Å². The van der Waals surface area contributed by atoms with Gasteiger partial charge in [0.2, 0.25) is 0 Å². The Bertz CT molecular complexity index is 596. The molecule has 5 heteroatoms. The number of amides is 1. The van der Waals surface area contributed by atoms with E-state index in [0.717, 1.165) is 5.56 Å². The summed E-state index contributed by atoms with van der Waals surface area (Å²) in [5.74, 6) is 0.289. The zero-order valence-corrected chi connectivity index (χ0v) is 12.1. The number of benzene rings is 1. The van der Waals surface area contributed by atoms with Crippen LogP contribution in [0.2, 0.25) is 0 Å². The third-order valence-corrected chi connectivity index (χ3v) is 3.11. The first-order valence-corrected chi connectivity index (χ1v) is 6.77. The zero-order chi connectivity index (χ0) is 15.2. The van der Waals surface area contributed by atoms with Gasteiger partial charge in [-0.1, -0.05) is 12.1 Å². The SMILES string of the molecule is CNc1ccc(C(=O)NC(C)Cc2ccc(F)cc2)cn1. The number of aromatic nitrogens is 1. The normalized spacial score (nSPS) is 11.8. The topological polar surface area (TPSA) is 54.0 Å². The molecule has 2 N–H and O–H groups in total. The van der Waals surface area contributed by atoms with E-state index in [0.29, 0.717) is 17.8 Å². The second-order valence-corrected chi connectivity index (χ2v) is 4.89. The van der Waals surface area contributed by atoms with E-state index < -0.39 is 0 Å². The summed E-state index contributed by atoms with van der Waals surface area (Å²) in [5.41, 5.74) is 1.49. The molecule has 0 spiro atoms. The standard InChI is InChI=1S/C16H18FN3O/c1-11(9-12-3-6-14(17)7-4-12)20-16(21)13-5-8-15(18-2)19-10-13/h3-8,10-11H,9H2,1-2H3,(H,18,19)(H,20,21). The van der Waals surface area contributed by atoms with Gasteiger partial charge in [0, 0.05) is 19.3 Å². The third kappa shape index (κ3) is 4.27. The molecule has 1 atom stereocenters. The lowest BCUT2D eigenvalue weighted by atomic mass is 10.1. The molecule has 110 valence electrons. The smallest absolute Gasteiger partial charge is 0.253 e. The molecule has 1 heterocycles. The number of anilines is 1. The van der Waals surface area contributed by atoms with Gasteiger partial charge in [-0.2, -0.15) is 0 Å². The van der Waals surface area contributed by atoms with Crippen molar-refractivity contribution >= 4 is 11.7 Å². The van der Waals surface area contributed by atoms with Gasteiger partial charge in [-0.3, -0.25) is 4.79 Å². The van der Waals surface area contributed by atoms with Crippen LogP contribution in [0.15, 0.2) is 42.6 Å². The van der Waals surface area contributed by atoms with Crippen LogP contribution in [-0.4, -0.2) is 24.0 Å². The Morgan fingerprint density at radius 3 is 2.52 bits per heavy atom. The number of pyridine rings is 1. The Morgan fingerprint density at radius 2 is 1.95 bits per heavy atom. The fraction of sp³-hybridized carbons (Fsp3) is 0.250. The van der Waals surface area contributed by atoms with Crippen molar-refractivity contribution in [1.82, 2.24) is 10.3 Å². The summed E-state index contributed by atoms with van der Waals surface area (Å²) in [5, 5.41) is 5.80. The van der Waals surface area contributed by atoms with Crippen molar-refractivity contribution in [2.24, 2.45) is 0 Å². The van der Waals surface area contributed by atoms with Gasteiger partial charge < -0.3 is 10.6 Å². The lowest BCUT2D eigenvalue weighted by Crippen LogP contribution is -2.34. The predicted octanol–water partition coefficient (Wildman–Crippen LogP) is 2.62. The molecule has 0 aliphatic heterocycles. The molecule has 2 rings (SSSR count). The minimum absolute atomic E-state index is 0.0491. The van der Waals surface area contributed by atoms with Crippen molar-refractivity contribution in [3.05, 3.63) is 59.5 Å². The molecule has 1 unspecified atom stereocenters. The Balaban J connectivity index is 1.93. The third-order valence-electron chi connectivity index (χ3n) is 3.11. The van der Waals surface area contributed by atoms with E-state index >= 15 is 0 Å². The number of hydrogen-bond donors (Lipinski definition) is 2. The van der Waals surface area contributed by atoms with E-state index in [1.165, 1.54) is 18.3 Å². The summed E-state index contributed by atoms with van der Waals surface area (Å²) in [6.07, 6.45) is 2.18. The summed E-state index contributed by atoms with van der Waals surface area (Å²) in [6, 6.07) is 9.71. The number of nitrogens with one attached hydrogen (secondary N) is 2. The van der Waals surface area contributed by atoms with E-state index in [-0.39, 0.29) is 17.8 Å². The van der Waals surface area contributed by atoms with Crippen LogP contribution >= 0.6 is 0 Å². The van der Waals surface area contributed by atoms with Gasteiger partial charge in [-0.15, -0.1) is 0 Å². The highest BCUT2D eigenvalue weighted by atomic mass is 19.1. The van der Waals surface area contributed by atoms with E-state index in [9.17, 15) is 9.18 Å². The maximum Gasteiger partial charge on any atom is 0.253 e. The molecule has 0 bridgehead atoms. The minimum atomic E-state index is -0.258. The molecule has 0 saturated heterocycles. The molecule has 1 aromatic carbocycles. The predicted molar refractivity (Wildman–Crippen MR) is 80.8 cm³/mol. The lowest BCUT2D eigenvalue weighted by Gasteiger charge is -2.14. The van der Waals surface area contributed by atoms with Crippen molar-refractivity contribution in [2.75, 3.05) is 12.4 Å². The van der Waals surface area contributed by atoms with Crippen molar-refractivity contribution in [3.8, 4) is 0 Å². The van der Waals surface area contributed by atoms with E-state index in [1.54, 1.807) is 31.3 Å². The minimum Gasteiger partial charge on any atom is -0.373 e. The lowest BCUT2D eigenvalue weighted by molar-refractivity contribution is 0.0940. The molecule has 0 radical (unpaired) electrons. The van der Waals surface area contributed by atoms with Crippen LogP contribution in [0.25, 0.3) is 0 Å². The molecular weight excluding hydrogens is 269 g/mol. The fourth-order valence-electron chi connectivity index (χ4n) is 2.01. The van der Waals surface area contributed by atoms with Gasteiger partial charge >= 0.3 is 0 Å². The molecule has 4 nitrogen and oxygen atoms in total. The molecule has 21 heavy (non-hydrogen) atoms. The first-order valence-electron chi connectivity index (χ1n) is 6.77. The molecule has 0 fully saturated rings. The number of carbonyl (C=O) groups excluding carboxylic acids is 1. The molecule has 0 aliphatic rings. The molecule has 1 aromatic heterocycles. The summed E-state index contributed by atoms with van der Waals surface area (Å²) >= 11 is 0. The van der Waals surface area contributed by atoms with Crippen molar-refractivity contribution in [1.29, 1.82) is 0 Å². The van der Waals surface area contributed by atoms with E-state index in [2.05, 4.69) is 15.6 Å². The van der Waals surface area contributed by atoms with Gasteiger partial charge in [0.05, 0.1) is 5.56 Å². The fourth-order valence-corrected chi connectivity index (χ4v) is 2.01. The van der Waals surface area contributed by atoms with Gasteiger partial charge in [0.15, 0.2) is 0 Å². The second kappa shape index (κ2) is 6.83. The largest absolute Gasteiger partial charge is 0.373 e. The Kier molecular flexibility index (Phi) is 4.87. The highest BCUT2D eigenvalue weighted by Crippen LogP contribution is 2.07. The monoisotopic (exact) mass is 287 g/mol. The highest BCUT2D eigenvalue weighted by molar-refractivity contribution is 5.94. The number of rotatable bonds is 5. The average molecular weight is 287 g/mol. The second-order valence-electron chi connectivity index (χ2n) is 4.89. The first-order chi connectivity index (χ1) is 10.1. The summed E-state index contributed by atoms with van der Waals surface area (Å²) in [6.45, 7) is 1.91. The van der Waals surface area contributed by atoms with Gasteiger partial charge in [-0.25, -0.2) is 9.37 Å². The van der Waals surface area contributed by atoms with Crippen LogP contribution < -0.4 is 10.6 Å². The quantitative estimate of drug-likeness (QED) is 0.889. The van der Waals surface area contributed by atoms with Crippen LogP contribution in [0.5, 0.6) is 0 Å². The Hall–Kier alpha value is -2.43. The van der Waals surface area contributed by atoms with Crippen LogP contribution in [0.4, 0.5) is 10.2 Å². The van der Waals surface area contributed by atoms with E-state index in [1.807, 2.05) is 6.92 Å². The van der Waals surface area contributed by atoms with E-state index in [4.69, 9.17) is 0 Å². The van der Waals surface area contributed by atoms with Crippen LogP contribution in [0.1, 0.15) is 22.8 Å². The molecule has 0 aliphatic carbocycles. The summed E-state index contributed by atoms with van der Waals surface area (Å²) in [7, 11) is 1.77. The number of carbonyl (C=O) groups is 1. The van der Waals surface area contributed by atoms with Crippen LogP contribution in [0.3, 0.4) is 0 Å². The molecule has 1 amide bonds. The average Bonchev–Trinajstić information content (AvgIpc) is 2.49. The van der Waals surface area contributed by atoms with Gasteiger partial charge in [0.1, 0.15) is 11.6 Å². The number of halogens is 1. The summed E-state index contributed by atoms with van der Waals surface area (Å²) in [4.78, 5) is 16.2. The molecule has 2 aromatic rings. The molecule has 0 saturated carbocycles. The Labute approximate surface area is 123 Å². The maximum absolute atomic E-state index is 12.8. The first kappa shape index (κ1) is 15.0. The summed E-state index contributed by atoms with van der Waals surface area (Å²) < 4.78 is 12.8. The zero-order valence-electron chi connectivity index (χ0n) is 12.1. The van der Waals surface area contributed by atoms with Gasteiger partial charge in [-0.05, 0) is 43.2 Å². The van der Waals surface area contributed by atoms with Crippen molar-refractivity contribution in [2.45, 2.75) is 19.4 Å².